The lowest BCUT2D eigenvalue weighted by atomic mass is 10.0. The number of nitrogens with one attached hydrogen (secondary N) is 1. The topological polar surface area (TPSA) is 71.3 Å². The molecule has 114 valence electrons. The molecule has 0 aromatic carbocycles. The number of aliphatic hydroxyl groups excluding tert-OH is 1. The van der Waals surface area contributed by atoms with Gasteiger partial charge in [-0.2, -0.15) is 11.8 Å². The second-order valence-corrected chi connectivity index (χ2v) is 8.01. The molecule has 0 bridgehead atoms. The lowest BCUT2D eigenvalue weighted by Gasteiger charge is -2.21. The zero-order chi connectivity index (χ0) is 14.6. The van der Waals surface area contributed by atoms with E-state index < -0.39 is 10.0 Å². The number of hydrogen-bond acceptors (Lipinski definition) is 4. The van der Waals surface area contributed by atoms with Crippen molar-refractivity contribution in [3.63, 3.8) is 0 Å². The highest BCUT2D eigenvalue weighted by Crippen LogP contribution is 2.22. The van der Waals surface area contributed by atoms with Crippen LogP contribution in [0.4, 0.5) is 0 Å². The number of aliphatic hydroxyl groups is 1. The first kappa shape index (κ1) is 15.9. The highest BCUT2D eigenvalue weighted by atomic mass is 32.2. The monoisotopic (exact) mass is 318 g/mol. The van der Waals surface area contributed by atoms with Gasteiger partial charge in [0.25, 0.3) is 0 Å². The molecule has 1 fully saturated rings. The summed E-state index contributed by atoms with van der Waals surface area (Å²) in [6.07, 6.45) is 3.74. The van der Waals surface area contributed by atoms with E-state index in [2.05, 4.69) is 4.72 Å². The zero-order valence-corrected chi connectivity index (χ0v) is 13.3. The van der Waals surface area contributed by atoms with Crippen LogP contribution < -0.4 is 4.72 Å². The van der Waals surface area contributed by atoms with Crippen molar-refractivity contribution in [1.29, 1.82) is 0 Å². The molecule has 0 radical (unpaired) electrons. The number of aromatic nitrogens is 1. The molecule has 2 rings (SSSR count). The van der Waals surface area contributed by atoms with Gasteiger partial charge in [0.05, 0.1) is 11.5 Å². The van der Waals surface area contributed by atoms with Crippen molar-refractivity contribution >= 4 is 21.8 Å². The van der Waals surface area contributed by atoms with Gasteiger partial charge in [0.2, 0.25) is 10.0 Å². The summed E-state index contributed by atoms with van der Waals surface area (Å²) in [4.78, 5) is 0.244. The molecule has 7 heteroatoms. The third-order valence-corrected chi connectivity index (χ3v) is 6.12. The molecule has 1 aromatic rings. The van der Waals surface area contributed by atoms with E-state index >= 15 is 0 Å². The molecule has 5 nitrogen and oxygen atoms in total. The van der Waals surface area contributed by atoms with Gasteiger partial charge in [0.1, 0.15) is 0 Å². The van der Waals surface area contributed by atoms with Gasteiger partial charge in [-0.15, -0.1) is 0 Å². The van der Waals surface area contributed by atoms with Crippen LogP contribution in [0.1, 0.15) is 25.5 Å². The van der Waals surface area contributed by atoms with Gasteiger partial charge in [-0.05, 0) is 43.3 Å². The minimum absolute atomic E-state index is 0.150. The Balaban J connectivity index is 2.03. The fourth-order valence-electron chi connectivity index (χ4n) is 2.36. The second-order valence-electron chi connectivity index (χ2n) is 5.02. The smallest absolute Gasteiger partial charge is 0.242 e. The van der Waals surface area contributed by atoms with Gasteiger partial charge in [-0.1, -0.05) is 0 Å². The fraction of sp³-hybridized carbons (Fsp3) is 0.692. The van der Waals surface area contributed by atoms with Crippen molar-refractivity contribution in [2.24, 2.45) is 5.92 Å². The van der Waals surface area contributed by atoms with E-state index in [4.69, 9.17) is 0 Å². The van der Waals surface area contributed by atoms with Crippen molar-refractivity contribution in [2.75, 3.05) is 18.1 Å². The Morgan fingerprint density at radius 3 is 2.70 bits per heavy atom. The summed E-state index contributed by atoms with van der Waals surface area (Å²) in [5.74, 6) is 2.68. The van der Waals surface area contributed by atoms with Gasteiger partial charge >= 0.3 is 0 Å². The van der Waals surface area contributed by atoms with Crippen molar-refractivity contribution < 1.29 is 13.5 Å². The summed E-state index contributed by atoms with van der Waals surface area (Å²) in [7, 11) is -3.47. The van der Waals surface area contributed by atoms with Crippen LogP contribution in [0, 0.1) is 5.92 Å². The summed E-state index contributed by atoms with van der Waals surface area (Å²) >= 11 is 1.93. The first-order valence-corrected chi connectivity index (χ1v) is 9.58. The maximum absolute atomic E-state index is 12.3. The molecule has 1 aromatic heterocycles. The van der Waals surface area contributed by atoms with Gasteiger partial charge < -0.3 is 9.67 Å². The Morgan fingerprint density at radius 2 is 2.15 bits per heavy atom. The normalized spacial score (nSPS) is 17.5. The second kappa shape index (κ2) is 6.98. The van der Waals surface area contributed by atoms with Crippen LogP contribution in [0.2, 0.25) is 0 Å². The lowest BCUT2D eigenvalue weighted by molar-refractivity contribution is 0.271. The average molecular weight is 318 g/mol. The van der Waals surface area contributed by atoms with Crippen LogP contribution in [0.25, 0.3) is 0 Å². The fourth-order valence-corrected chi connectivity index (χ4v) is 4.74. The van der Waals surface area contributed by atoms with E-state index in [0.29, 0.717) is 24.7 Å². The molecule has 0 atom stereocenters. The molecular formula is C13H22N2O3S2. The summed E-state index contributed by atoms with van der Waals surface area (Å²) in [5, 5.41) is 9.22. The number of nitrogens with zero attached hydrogens (tertiary/aromatic N) is 1. The summed E-state index contributed by atoms with van der Waals surface area (Å²) in [5.41, 5.74) is 0.627. The first-order chi connectivity index (χ1) is 9.56. The van der Waals surface area contributed by atoms with Crippen molar-refractivity contribution in [2.45, 2.75) is 37.8 Å². The van der Waals surface area contributed by atoms with E-state index in [0.717, 1.165) is 24.3 Å². The Bertz CT molecular complexity index is 512. The minimum Gasteiger partial charge on any atom is -0.390 e. The van der Waals surface area contributed by atoms with Gasteiger partial charge in [-0.25, -0.2) is 13.1 Å². The molecule has 0 unspecified atom stereocenters. The van der Waals surface area contributed by atoms with E-state index in [1.165, 1.54) is 0 Å². The van der Waals surface area contributed by atoms with Crippen LogP contribution in [0.3, 0.4) is 0 Å². The number of thioether (sulfide) groups is 1. The molecule has 2 N–H and O–H groups in total. The van der Waals surface area contributed by atoms with Crippen molar-refractivity contribution in [3.8, 4) is 0 Å². The van der Waals surface area contributed by atoms with E-state index in [1.54, 1.807) is 16.8 Å². The van der Waals surface area contributed by atoms with Crippen molar-refractivity contribution in [3.05, 3.63) is 18.0 Å². The molecule has 0 amide bonds. The lowest BCUT2D eigenvalue weighted by Crippen LogP contribution is -2.30. The standard InChI is InChI=1S/C13H22N2O3S2/c1-2-15-9-13(7-12(15)10-16)20(17,18)14-8-11-3-5-19-6-4-11/h7,9,11,14,16H,2-6,8,10H2,1H3. The average Bonchev–Trinajstić information content (AvgIpc) is 2.90. The van der Waals surface area contributed by atoms with Crippen LogP contribution >= 0.6 is 11.8 Å². The number of aryl methyl sites for hydroxylation is 1. The quantitative estimate of drug-likeness (QED) is 0.832. The van der Waals surface area contributed by atoms with Crippen LogP contribution in [-0.2, 0) is 23.2 Å². The predicted molar refractivity (Wildman–Crippen MR) is 81.3 cm³/mol. The summed E-state index contributed by atoms with van der Waals surface area (Å²) in [6, 6.07) is 1.54. The van der Waals surface area contributed by atoms with Crippen LogP contribution in [0.15, 0.2) is 17.2 Å². The molecule has 0 spiro atoms. The third-order valence-electron chi connectivity index (χ3n) is 3.68. The molecule has 0 saturated carbocycles. The van der Waals surface area contributed by atoms with E-state index in [-0.39, 0.29) is 11.5 Å². The molecule has 20 heavy (non-hydrogen) atoms. The zero-order valence-electron chi connectivity index (χ0n) is 11.7. The Morgan fingerprint density at radius 1 is 1.45 bits per heavy atom. The molecular weight excluding hydrogens is 296 g/mol. The maximum atomic E-state index is 12.3. The SMILES string of the molecule is CCn1cc(S(=O)(=O)NCC2CCSCC2)cc1CO. The predicted octanol–water partition coefficient (Wildman–Crippen LogP) is 1.42. The molecule has 0 aliphatic carbocycles. The third kappa shape index (κ3) is 3.78. The Kier molecular flexibility index (Phi) is 5.54. The summed E-state index contributed by atoms with van der Waals surface area (Å²) < 4.78 is 29.0. The van der Waals surface area contributed by atoms with Crippen LogP contribution in [-0.4, -0.2) is 36.1 Å². The summed E-state index contributed by atoms with van der Waals surface area (Å²) in [6.45, 7) is 2.92. The van der Waals surface area contributed by atoms with E-state index in [1.807, 2.05) is 18.7 Å². The molecule has 1 aliphatic heterocycles. The number of sulfonamides is 1. The Labute approximate surface area is 124 Å². The highest BCUT2D eigenvalue weighted by molar-refractivity contribution is 7.99. The molecule has 1 aliphatic rings. The minimum atomic E-state index is -3.47. The number of rotatable bonds is 6. The van der Waals surface area contributed by atoms with Crippen LogP contribution in [0.5, 0.6) is 0 Å². The largest absolute Gasteiger partial charge is 0.390 e. The van der Waals surface area contributed by atoms with Gasteiger partial charge in [-0.3, -0.25) is 0 Å². The van der Waals surface area contributed by atoms with Gasteiger partial charge in [0, 0.05) is 25.0 Å². The number of hydrogen-bond donors (Lipinski definition) is 2. The molecule has 1 saturated heterocycles. The Hall–Kier alpha value is -0.500. The van der Waals surface area contributed by atoms with Gasteiger partial charge in [0.15, 0.2) is 0 Å². The van der Waals surface area contributed by atoms with Crippen molar-refractivity contribution in [1.82, 2.24) is 9.29 Å². The first-order valence-electron chi connectivity index (χ1n) is 6.94. The van der Waals surface area contributed by atoms with E-state index in [9.17, 15) is 13.5 Å². The molecule has 2 heterocycles. The maximum Gasteiger partial charge on any atom is 0.242 e. The highest BCUT2D eigenvalue weighted by Gasteiger charge is 2.21.